The van der Waals surface area contributed by atoms with E-state index < -0.39 is 17.4 Å². The van der Waals surface area contributed by atoms with Crippen molar-refractivity contribution in [3.8, 4) is 23.0 Å². The fourth-order valence-corrected chi connectivity index (χ4v) is 3.20. The number of aliphatic hydroxyl groups excluding tert-OH is 1. The number of nitrogens with zero attached hydrogens (tertiary/aromatic N) is 5. The van der Waals surface area contributed by atoms with Crippen LogP contribution >= 0.6 is 0 Å². The van der Waals surface area contributed by atoms with E-state index in [1.807, 2.05) is 0 Å². The third-order valence-corrected chi connectivity index (χ3v) is 5.10. The SMILES string of the molecule is COc1cc2nccc(Oc3ccc(NC(=O)C(N)=C(O)C=Nc4nccnc4C)nc3)c2cc1OC. The van der Waals surface area contributed by atoms with Gasteiger partial charge in [-0.2, -0.15) is 0 Å². The molecule has 0 fully saturated rings. The van der Waals surface area contributed by atoms with Crippen LogP contribution in [-0.4, -0.2) is 51.4 Å². The molecule has 0 atom stereocenters. The molecule has 0 aliphatic rings. The highest BCUT2D eigenvalue weighted by Gasteiger charge is 2.14. The van der Waals surface area contributed by atoms with Gasteiger partial charge in [0.15, 0.2) is 23.1 Å². The summed E-state index contributed by atoms with van der Waals surface area (Å²) in [6, 6.07) is 8.39. The van der Waals surface area contributed by atoms with Crippen molar-refractivity contribution in [3.05, 3.63) is 72.3 Å². The van der Waals surface area contributed by atoms with Crippen molar-refractivity contribution in [2.75, 3.05) is 19.5 Å². The maximum atomic E-state index is 12.4. The number of allylic oxidation sites excluding steroid dienone is 1. The van der Waals surface area contributed by atoms with E-state index in [4.69, 9.17) is 19.9 Å². The number of aliphatic hydroxyl groups is 1. The highest BCUT2D eigenvalue weighted by Crippen LogP contribution is 2.36. The molecule has 4 N–H and O–H groups in total. The molecule has 0 aliphatic carbocycles. The molecule has 0 aliphatic heterocycles. The highest BCUT2D eigenvalue weighted by molar-refractivity contribution is 6.05. The Balaban J connectivity index is 1.46. The van der Waals surface area contributed by atoms with Gasteiger partial charge in [-0.05, 0) is 31.2 Å². The van der Waals surface area contributed by atoms with Crippen molar-refractivity contribution in [2.24, 2.45) is 10.7 Å². The summed E-state index contributed by atoms with van der Waals surface area (Å²) in [5.74, 6) is 1.23. The molecule has 0 spiro atoms. The van der Waals surface area contributed by atoms with Crippen LogP contribution in [-0.2, 0) is 4.79 Å². The molecule has 4 aromatic rings. The first kappa shape index (κ1) is 24.9. The first-order valence-electron chi connectivity index (χ1n) is 10.9. The van der Waals surface area contributed by atoms with Crippen molar-refractivity contribution in [1.29, 1.82) is 0 Å². The van der Waals surface area contributed by atoms with E-state index in [0.717, 1.165) is 6.21 Å². The number of carbonyl (C=O) groups is 1. The smallest absolute Gasteiger partial charge is 0.276 e. The molecular formula is C25H23N7O5. The Morgan fingerprint density at radius 3 is 2.46 bits per heavy atom. The number of nitrogens with two attached hydrogens (primary N) is 1. The number of hydrogen-bond acceptors (Lipinski definition) is 11. The Bertz CT molecular complexity index is 1500. The van der Waals surface area contributed by atoms with Gasteiger partial charge in [-0.3, -0.25) is 14.8 Å². The van der Waals surface area contributed by atoms with Crippen LogP contribution < -0.4 is 25.3 Å². The van der Waals surface area contributed by atoms with Crippen molar-refractivity contribution in [2.45, 2.75) is 6.92 Å². The summed E-state index contributed by atoms with van der Waals surface area (Å²) in [6.07, 6.45) is 7.05. The second kappa shape index (κ2) is 11.0. The van der Waals surface area contributed by atoms with Crippen LogP contribution in [0.5, 0.6) is 23.0 Å². The maximum absolute atomic E-state index is 12.4. The van der Waals surface area contributed by atoms with Crippen LogP contribution in [0, 0.1) is 6.92 Å². The number of pyridine rings is 2. The number of aromatic nitrogens is 4. The standard InChI is InChI=1S/C25H23N7O5/c1-14-24(29-9-8-27-14)31-13-18(33)23(26)25(34)32-22-5-4-15(12-30-22)37-19-6-7-28-17-11-21(36-3)20(35-2)10-16(17)19/h4-13,33H,26H2,1-3H3,(H,30,32,34). The average molecular weight is 502 g/mol. The molecule has 0 bridgehead atoms. The van der Waals surface area contributed by atoms with Crippen LogP contribution in [0.1, 0.15) is 5.69 Å². The Morgan fingerprint density at radius 1 is 1.00 bits per heavy atom. The molecule has 0 unspecified atom stereocenters. The zero-order chi connectivity index (χ0) is 26.4. The molecule has 1 amide bonds. The summed E-state index contributed by atoms with van der Waals surface area (Å²) >= 11 is 0. The lowest BCUT2D eigenvalue weighted by atomic mass is 10.2. The zero-order valence-corrected chi connectivity index (χ0v) is 20.2. The van der Waals surface area contributed by atoms with Gasteiger partial charge in [-0.25, -0.2) is 15.0 Å². The van der Waals surface area contributed by atoms with Gasteiger partial charge in [0.2, 0.25) is 0 Å². The molecule has 0 saturated carbocycles. The minimum atomic E-state index is -0.762. The number of nitrogens with one attached hydrogen (secondary N) is 1. The van der Waals surface area contributed by atoms with Gasteiger partial charge in [-0.15, -0.1) is 0 Å². The topological polar surface area (TPSA) is 167 Å². The van der Waals surface area contributed by atoms with E-state index in [9.17, 15) is 9.90 Å². The van der Waals surface area contributed by atoms with Gasteiger partial charge in [0.25, 0.3) is 5.91 Å². The monoisotopic (exact) mass is 501 g/mol. The summed E-state index contributed by atoms with van der Waals surface area (Å²) in [5, 5.41) is 13.3. The van der Waals surface area contributed by atoms with Crippen LogP contribution in [0.25, 0.3) is 10.9 Å². The van der Waals surface area contributed by atoms with E-state index >= 15 is 0 Å². The number of anilines is 1. The second-order valence-corrected chi connectivity index (χ2v) is 7.49. The molecule has 12 nitrogen and oxygen atoms in total. The molecule has 0 radical (unpaired) electrons. The Morgan fingerprint density at radius 2 is 1.76 bits per heavy atom. The van der Waals surface area contributed by atoms with Gasteiger partial charge < -0.3 is 30.4 Å². The van der Waals surface area contributed by atoms with Crippen molar-refractivity contribution < 1.29 is 24.1 Å². The lowest BCUT2D eigenvalue weighted by Gasteiger charge is -2.12. The molecule has 4 rings (SSSR count). The third kappa shape index (κ3) is 5.70. The number of ether oxygens (including phenoxy) is 3. The molecule has 0 saturated heterocycles. The summed E-state index contributed by atoms with van der Waals surface area (Å²) in [7, 11) is 3.10. The summed E-state index contributed by atoms with van der Waals surface area (Å²) in [5.41, 5.74) is 6.52. The lowest BCUT2D eigenvalue weighted by molar-refractivity contribution is -0.113. The minimum absolute atomic E-state index is 0.195. The predicted molar refractivity (Wildman–Crippen MR) is 137 cm³/mol. The molecule has 37 heavy (non-hydrogen) atoms. The first-order valence-corrected chi connectivity index (χ1v) is 10.9. The lowest BCUT2D eigenvalue weighted by Crippen LogP contribution is -2.23. The number of aryl methyl sites for hydroxylation is 1. The van der Waals surface area contributed by atoms with Gasteiger partial charge in [0.05, 0.1) is 37.8 Å². The minimum Gasteiger partial charge on any atom is -0.504 e. The van der Waals surface area contributed by atoms with Crippen molar-refractivity contribution in [3.63, 3.8) is 0 Å². The summed E-state index contributed by atoms with van der Waals surface area (Å²) in [6.45, 7) is 1.71. The van der Waals surface area contributed by atoms with E-state index in [1.165, 1.54) is 24.7 Å². The number of benzene rings is 1. The third-order valence-electron chi connectivity index (χ3n) is 5.10. The molecule has 1 aromatic carbocycles. The largest absolute Gasteiger partial charge is 0.504 e. The number of rotatable bonds is 8. The number of fused-ring (bicyclic) bond motifs is 1. The fourth-order valence-electron chi connectivity index (χ4n) is 3.20. The van der Waals surface area contributed by atoms with E-state index in [-0.39, 0.29) is 5.82 Å². The van der Waals surface area contributed by atoms with Gasteiger partial charge >= 0.3 is 0 Å². The van der Waals surface area contributed by atoms with Crippen LogP contribution in [0.4, 0.5) is 11.6 Å². The van der Waals surface area contributed by atoms with E-state index in [1.54, 1.807) is 51.6 Å². The predicted octanol–water partition coefficient (Wildman–Crippen LogP) is 3.61. The number of methoxy groups -OCH3 is 2. The number of hydrogen-bond donors (Lipinski definition) is 3. The molecule has 12 heteroatoms. The van der Waals surface area contributed by atoms with Gasteiger partial charge in [0.1, 0.15) is 23.0 Å². The Kier molecular flexibility index (Phi) is 7.38. The Labute approximate surface area is 211 Å². The van der Waals surface area contributed by atoms with Crippen LogP contribution in [0.2, 0.25) is 0 Å². The molecule has 3 heterocycles. The van der Waals surface area contributed by atoms with Gasteiger partial charge in [0, 0.05) is 30.0 Å². The summed E-state index contributed by atoms with van der Waals surface area (Å²) < 4.78 is 16.7. The van der Waals surface area contributed by atoms with Crippen molar-refractivity contribution >= 4 is 34.7 Å². The first-order chi connectivity index (χ1) is 17.9. The summed E-state index contributed by atoms with van der Waals surface area (Å²) in [4.78, 5) is 33.0. The van der Waals surface area contributed by atoms with E-state index in [2.05, 4.69) is 30.2 Å². The Hall–Kier alpha value is -5.26. The number of amides is 1. The highest BCUT2D eigenvalue weighted by atomic mass is 16.5. The quantitative estimate of drug-likeness (QED) is 0.184. The maximum Gasteiger partial charge on any atom is 0.276 e. The fraction of sp³-hybridized carbons (Fsp3) is 0.120. The normalized spacial score (nSPS) is 11.8. The number of carbonyl (C=O) groups excluding carboxylic acids is 1. The number of aliphatic imine (C=N–C) groups is 1. The van der Waals surface area contributed by atoms with Gasteiger partial charge in [-0.1, -0.05) is 0 Å². The zero-order valence-electron chi connectivity index (χ0n) is 20.2. The van der Waals surface area contributed by atoms with Crippen molar-refractivity contribution in [1.82, 2.24) is 19.9 Å². The molecule has 188 valence electrons. The average Bonchev–Trinajstić information content (AvgIpc) is 2.92. The van der Waals surface area contributed by atoms with E-state index in [0.29, 0.717) is 45.4 Å². The second-order valence-electron chi connectivity index (χ2n) is 7.49. The van der Waals surface area contributed by atoms with Crippen LogP contribution in [0.3, 0.4) is 0 Å². The molecule has 3 aromatic heterocycles. The molecular weight excluding hydrogens is 478 g/mol. The van der Waals surface area contributed by atoms with Crippen LogP contribution in [0.15, 0.2) is 71.6 Å².